The van der Waals surface area contributed by atoms with E-state index in [2.05, 4.69) is 5.32 Å². The molecular weight excluding hydrogens is 424 g/mol. The van der Waals surface area contributed by atoms with Gasteiger partial charge in [0.15, 0.2) is 9.84 Å². The normalized spacial score (nSPS) is 14.0. The summed E-state index contributed by atoms with van der Waals surface area (Å²) in [5.41, 5.74) is 2.19. The van der Waals surface area contributed by atoms with E-state index in [0.717, 1.165) is 28.8 Å². The lowest BCUT2D eigenvalue weighted by atomic mass is 10.1. The van der Waals surface area contributed by atoms with Crippen LogP contribution in [0.1, 0.15) is 37.9 Å². The number of carbonyl (C=O) groups excluding carboxylic acids is 1. The first-order valence-electron chi connectivity index (χ1n) is 9.53. The van der Waals surface area contributed by atoms with E-state index in [0.29, 0.717) is 11.3 Å². The Bertz CT molecular complexity index is 1090. The number of hydrogen-bond acceptors (Lipinski definition) is 5. The fraction of sp³-hybridized carbons (Fsp3) is 0.381. The largest absolute Gasteiger partial charge is 0.348 e. The highest BCUT2D eigenvalue weighted by molar-refractivity contribution is 7.92. The maximum atomic E-state index is 12.8. The van der Waals surface area contributed by atoms with E-state index in [4.69, 9.17) is 0 Å². The molecule has 0 radical (unpaired) electrons. The summed E-state index contributed by atoms with van der Waals surface area (Å²) < 4.78 is 49.1. The first-order chi connectivity index (χ1) is 13.8. The summed E-state index contributed by atoms with van der Waals surface area (Å²) >= 11 is 0. The van der Waals surface area contributed by atoms with Crippen molar-refractivity contribution in [3.8, 4) is 0 Å². The van der Waals surface area contributed by atoms with Crippen LogP contribution in [0.5, 0.6) is 0 Å². The molecule has 0 saturated heterocycles. The summed E-state index contributed by atoms with van der Waals surface area (Å²) in [7, 11) is -7.00. The van der Waals surface area contributed by atoms with Gasteiger partial charge in [-0.25, -0.2) is 16.8 Å². The van der Waals surface area contributed by atoms with Crippen LogP contribution in [0.3, 0.4) is 0 Å². The zero-order valence-electron chi connectivity index (χ0n) is 17.8. The van der Waals surface area contributed by atoms with Crippen molar-refractivity contribution in [3.63, 3.8) is 0 Å². The lowest BCUT2D eigenvalue weighted by Gasteiger charge is -2.29. The monoisotopic (exact) mass is 452 g/mol. The van der Waals surface area contributed by atoms with Gasteiger partial charge in [-0.05, 0) is 55.7 Å². The molecule has 0 bridgehead atoms. The van der Waals surface area contributed by atoms with Crippen molar-refractivity contribution in [1.82, 2.24) is 5.32 Å². The SMILES string of the molecule is CCc1ccc(N([C@@H](C)C(=O)N[C@@H](C)c2ccc(S(C)(=O)=O)cc2)S(C)(=O)=O)cc1. The minimum absolute atomic E-state index is 0.192. The van der Waals surface area contributed by atoms with Gasteiger partial charge in [0.25, 0.3) is 0 Å². The van der Waals surface area contributed by atoms with Gasteiger partial charge in [0.05, 0.1) is 22.9 Å². The quantitative estimate of drug-likeness (QED) is 0.664. The third-order valence-electron chi connectivity index (χ3n) is 4.85. The maximum Gasteiger partial charge on any atom is 0.244 e. The van der Waals surface area contributed by atoms with Crippen LogP contribution in [0, 0.1) is 0 Å². The van der Waals surface area contributed by atoms with Gasteiger partial charge in [0.2, 0.25) is 15.9 Å². The first kappa shape index (κ1) is 23.9. The van der Waals surface area contributed by atoms with Crippen LogP contribution >= 0.6 is 0 Å². The van der Waals surface area contributed by atoms with Gasteiger partial charge in [-0.2, -0.15) is 0 Å². The second kappa shape index (κ2) is 9.18. The number of nitrogens with zero attached hydrogens (tertiary/aromatic N) is 1. The summed E-state index contributed by atoms with van der Waals surface area (Å²) in [5, 5.41) is 2.80. The molecule has 0 aromatic heterocycles. The Labute approximate surface area is 179 Å². The van der Waals surface area contributed by atoms with Crippen LogP contribution in [-0.2, 0) is 31.1 Å². The molecule has 2 atom stereocenters. The van der Waals surface area contributed by atoms with Gasteiger partial charge in [-0.15, -0.1) is 0 Å². The average Bonchev–Trinajstić information content (AvgIpc) is 2.66. The van der Waals surface area contributed by atoms with Crippen molar-refractivity contribution in [2.45, 2.75) is 44.2 Å². The topological polar surface area (TPSA) is 101 Å². The highest BCUT2D eigenvalue weighted by Crippen LogP contribution is 2.23. The summed E-state index contributed by atoms with van der Waals surface area (Å²) in [4.78, 5) is 13.0. The zero-order valence-corrected chi connectivity index (χ0v) is 19.4. The highest BCUT2D eigenvalue weighted by Gasteiger charge is 2.29. The summed E-state index contributed by atoms with van der Waals surface area (Å²) in [6, 6.07) is 11.9. The minimum Gasteiger partial charge on any atom is -0.348 e. The van der Waals surface area contributed by atoms with E-state index in [9.17, 15) is 21.6 Å². The van der Waals surface area contributed by atoms with Crippen molar-refractivity contribution in [2.75, 3.05) is 16.8 Å². The Hall–Kier alpha value is -2.39. The van der Waals surface area contributed by atoms with Crippen molar-refractivity contribution >= 4 is 31.5 Å². The van der Waals surface area contributed by atoms with Gasteiger partial charge in [-0.3, -0.25) is 9.10 Å². The van der Waals surface area contributed by atoms with Crippen LogP contribution < -0.4 is 9.62 Å². The maximum absolute atomic E-state index is 12.8. The number of carbonyl (C=O) groups is 1. The first-order valence-corrected chi connectivity index (χ1v) is 13.3. The summed E-state index contributed by atoms with van der Waals surface area (Å²) in [6.07, 6.45) is 3.02. The Morgan fingerprint density at radius 3 is 1.90 bits per heavy atom. The number of sulfone groups is 1. The van der Waals surface area contributed by atoms with Crippen molar-refractivity contribution in [2.24, 2.45) is 0 Å². The molecule has 2 rings (SSSR count). The number of benzene rings is 2. The van der Waals surface area contributed by atoms with Gasteiger partial charge in [0.1, 0.15) is 6.04 Å². The molecule has 0 heterocycles. The second-order valence-electron chi connectivity index (χ2n) is 7.33. The molecule has 0 spiro atoms. The molecule has 7 nitrogen and oxygen atoms in total. The molecule has 30 heavy (non-hydrogen) atoms. The van der Waals surface area contributed by atoms with E-state index < -0.39 is 37.9 Å². The van der Waals surface area contributed by atoms with Gasteiger partial charge < -0.3 is 5.32 Å². The zero-order chi connectivity index (χ0) is 22.7. The Kier molecular flexibility index (Phi) is 7.31. The number of aryl methyl sites for hydroxylation is 1. The van der Waals surface area contributed by atoms with E-state index >= 15 is 0 Å². The molecule has 2 aromatic carbocycles. The van der Waals surface area contributed by atoms with E-state index in [1.807, 2.05) is 19.1 Å². The van der Waals surface area contributed by atoms with Crippen LogP contribution in [0.4, 0.5) is 5.69 Å². The van der Waals surface area contributed by atoms with Crippen molar-refractivity contribution in [3.05, 3.63) is 59.7 Å². The molecule has 0 aliphatic carbocycles. The molecule has 0 unspecified atom stereocenters. The van der Waals surface area contributed by atoms with E-state index in [1.54, 1.807) is 31.2 Å². The number of rotatable bonds is 8. The third kappa shape index (κ3) is 5.82. The second-order valence-corrected chi connectivity index (χ2v) is 11.2. The number of hydrogen-bond donors (Lipinski definition) is 1. The van der Waals surface area contributed by atoms with Crippen molar-refractivity contribution in [1.29, 1.82) is 0 Å². The molecule has 1 amide bonds. The van der Waals surface area contributed by atoms with Gasteiger partial charge in [0, 0.05) is 6.26 Å². The van der Waals surface area contributed by atoms with Crippen molar-refractivity contribution < 1.29 is 21.6 Å². The average molecular weight is 453 g/mol. The molecule has 0 fully saturated rings. The Morgan fingerprint density at radius 2 is 1.47 bits per heavy atom. The van der Waals surface area contributed by atoms with Gasteiger partial charge in [-0.1, -0.05) is 31.2 Å². The van der Waals surface area contributed by atoms with Crippen LogP contribution in [0.2, 0.25) is 0 Å². The molecular formula is C21H28N2O5S2. The Morgan fingerprint density at radius 1 is 0.933 bits per heavy atom. The predicted octanol–water partition coefficient (Wildman–Crippen LogP) is 2.68. The predicted molar refractivity (Wildman–Crippen MR) is 119 cm³/mol. The molecule has 9 heteroatoms. The molecule has 1 N–H and O–H groups in total. The highest BCUT2D eigenvalue weighted by atomic mass is 32.2. The smallest absolute Gasteiger partial charge is 0.244 e. The number of nitrogens with one attached hydrogen (secondary N) is 1. The van der Waals surface area contributed by atoms with E-state index in [1.165, 1.54) is 19.1 Å². The fourth-order valence-electron chi connectivity index (χ4n) is 3.11. The summed E-state index contributed by atoms with van der Waals surface area (Å²) in [6.45, 7) is 5.29. The minimum atomic E-state index is -3.70. The lowest BCUT2D eigenvalue weighted by molar-refractivity contribution is -0.122. The van der Waals surface area contributed by atoms with Crippen LogP contribution in [-0.4, -0.2) is 41.3 Å². The third-order valence-corrected chi connectivity index (χ3v) is 7.22. The van der Waals surface area contributed by atoms with Crippen LogP contribution in [0.15, 0.2) is 53.4 Å². The number of amides is 1. The van der Waals surface area contributed by atoms with E-state index in [-0.39, 0.29) is 4.90 Å². The standard InChI is InChI=1S/C21H28N2O5S2/c1-6-17-7-11-19(12-8-17)23(30(5,27)28)16(3)21(24)22-15(2)18-9-13-20(14-10-18)29(4,25)26/h7-16H,6H2,1-5H3,(H,22,24)/t15-,16-/m0/s1. The molecule has 2 aromatic rings. The Balaban J connectivity index is 2.22. The molecule has 0 saturated carbocycles. The number of sulfonamides is 1. The number of anilines is 1. The molecule has 0 aliphatic rings. The molecule has 0 aliphatic heterocycles. The van der Waals surface area contributed by atoms with Crippen LogP contribution in [0.25, 0.3) is 0 Å². The molecule has 164 valence electrons. The van der Waals surface area contributed by atoms with Gasteiger partial charge >= 0.3 is 0 Å². The summed E-state index contributed by atoms with van der Waals surface area (Å²) in [5.74, 6) is -0.459. The lowest BCUT2D eigenvalue weighted by Crippen LogP contribution is -2.48. The fourth-order valence-corrected chi connectivity index (χ4v) is 4.91.